The van der Waals surface area contributed by atoms with Crippen LogP contribution in [-0.4, -0.2) is 33.9 Å². The average molecular weight is 415 g/mol. The number of carbonyl (C=O) groups excluding carboxylic acids is 2. The fraction of sp³-hybridized carbons (Fsp3) is 0.120. The molecule has 4 rings (SSSR count). The molecule has 0 aliphatic carbocycles. The van der Waals surface area contributed by atoms with Crippen LogP contribution in [0.25, 0.3) is 5.76 Å². The van der Waals surface area contributed by atoms with Crippen molar-refractivity contribution in [2.75, 3.05) is 7.11 Å². The Balaban J connectivity index is 1.84. The lowest BCUT2D eigenvalue weighted by atomic mass is 9.95. The number of benzene rings is 3. The van der Waals surface area contributed by atoms with E-state index in [4.69, 9.17) is 4.74 Å². The first-order valence-electron chi connectivity index (χ1n) is 9.75. The summed E-state index contributed by atoms with van der Waals surface area (Å²) in [5, 5.41) is 20.7. The maximum Gasteiger partial charge on any atom is 0.295 e. The zero-order chi connectivity index (χ0) is 22.0. The van der Waals surface area contributed by atoms with Gasteiger partial charge in [-0.05, 0) is 47.5 Å². The lowest BCUT2D eigenvalue weighted by Crippen LogP contribution is -2.29. The molecule has 6 heteroatoms. The minimum absolute atomic E-state index is 0.0109. The second-order valence-electron chi connectivity index (χ2n) is 7.23. The highest BCUT2D eigenvalue weighted by molar-refractivity contribution is 6.46. The van der Waals surface area contributed by atoms with E-state index in [1.807, 2.05) is 30.3 Å². The van der Waals surface area contributed by atoms with Gasteiger partial charge in [0.1, 0.15) is 17.3 Å². The molecule has 0 bridgehead atoms. The molecule has 3 aromatic carbocycles. The van der Waals surface area contributed by atoms with Crippen LogP contribution in [0.4, 0.5) is 0 Å². The number of amides is 1. The number of aromatic hydroxyl groups is 1. The number of ether oxygens (including phenoxy) is 1. The maximum absolute atomic E-state index is 13.0. The normalized spacial score (nSPS) is 17.7. The first kappa shape index (κ1) is 20.2. The molecule has 0 aromatic heterocycles. The third-order valence-electron chi connectivity index (χ3n) is 5.31. The van der Waals surface area contributed by atoms with Gasteiger partial charge < -0.3 is 19.8 Å². The molecule has 1 saturated heterocycles. The predicted molar refractivity (Wildman–Crippen MR) is 115 cm³/mol. The number of hydrogen-bond acceptors (Lipinski definition) is 5. The van der Waals surface area contributed by atoms with Gasteiger partial charge in [-0.3, -0.25) is 9.59 Å². The molecular formula is C25H21NO5. The van der Waals surface area contributed by atoms with Crippen molar-refractivity contribution in [2.45, 2.75) is 12.6 Å². The second-order valence-corrected chi connectivity index (χ2v) is 7.23. The van der Waals surface area contributed by atoms with Gasteiger partial charge >= 0.3 is 0 Å². The number of rotatable bonds is 5. The van der Waals surface area contributed by atoms with Crippen molar-refractivity contribution in [1.82, 2.24) is 4.90 Å². The van der Waals surface area contributed by atoms with Crippen molar-refractivity contribution < 1.29 is 24.5 Å². The number of likely N-dealkylation sites (tertiary alicyclic amines) is 1. The standard InChI is InChI=1S/C25H21NO5/c1-31-20-13-9-18(10-14-20)23(28)21-22(17-7-11-19(27)12-8-17)26(25(30)24(21)29)15-16-5-3-2-4-6-16/h2-14,22,27-28H,15H2,1H3. The van der Waals surface area contributed by atoms with E-state index in [-0.39, 0.29) is 23.6 Å². The molecule has 6 nitrogen and oxygen atoms in total. The third-order valence-corrected chi connectivity index (χ3v) is 5.31. The van der Waals surface area contributed by atoms with Crippen LogP contribution in [0.5, 0.6) is 11.5 Å². The molecule has 0 radical (unpaired) electrons. The van der Waals surface area contributed by atoms with Crippen molar-refractivity contribution >= 4 is 17.4 Å². The first-order valence-corrected chi connectivity index (χ1v) is 9.75. The van der Waals surface area contributed by atoms with E-state index in [0.29, 0.717) is 16.9 Å². The SMILES string of the molecule is COc1ccc(C(O)=C2C(=O)C(=O)N(Cc3ccccc3)C2c2ccc(O)cc2)cc1. The van der Waals surface area contributed by atoms with Crippen molar-refractivity contribution in [3.63, 3.8) is 0 Å². The summed E-state index contributed by atoms with van der Waals surface area (Å²) >= 11 is 0. The van der Waals surface area contributed by atoms with Crippen LogP contribution < -0.4 is 4.74 Å². The highest BCUT2D eigenvalue weighted by Crippen LogP contribution is 2.40. The van der Waals surface area contributed by atoms with E-state index in [9.17, 15) is 19.8 Å². The Kier molecular flexibility index (Phi) is 5.45. The molecule has 1 aliphatic heterocycles. The van der Waals surface area contributed by atoms with Crippen LogP contribution in [0.15, 0.2) is 84.4 Å². The van der Waals surface area contributed by atoms with Gasteiger partial charge in [0.25, 0.3) is 11.7 Å². The molecule has 1 atom stereocenters. The van der Waals surface area contributed by atoms with Crippen molar-refractivity contribution in [1.29, 1.82) is 0 Å². The van der Waals surface area contributed by atoms with Crippen LogP contribution in [0.1, 0.15) is 22.7 Å². The Morgan fingerprint density at radius 3 is 2.19 bits per heavy atom. The largest absolute Gasteiger partial charge is 0.508 e. The van der Waals surface area contributed by atoms with E-state index < -0.39 is 17.7 Å². The minimum Gasteiger partial charge on any atom is -0.508 e. The van der Waals surface area contributed by atoms with E-state index in [1.165, 1.54) is 24.1 Å². The van der Waals surface area contributed by atoms with E-state index >= 15 is 0 Å². The molecule has 1 unspecified atom stereocenters. The topological polar surface area (TPSA) is 87.1 Å². The van der Waals surface area contributed by atoms with Gasteiger partial charge in [-0.25, -0.2) is 0 Å². The van der Waals surface area contributed by atoms with Gasteiger partial charge in [-0.1, -0.05) is 42.5 Å². The first-order chi connectivity index (χ1) is 15.0. The van der Waals surface area contributed by atoms with Gasteiger partial charge in [-0.15, -0.1) is 0 Å². The number of methoxy groups -OCH3 is 1. The number of nitrogens with zero attached hydrogens (tertiary/aromatic N) is 1. The number of ketones is 1. The molecular weight excluding hydrogens is 394 g/mol. The summed E-state index contributed by atoms with van der Waals surface area (Å²) in [6.45, 7) is 0.205. The van der Waals surface area contributed by atoms with Crippen LogP contribution in [-0.2, 0) is 16.1 Å². The summed E-state index contributed by atoms with van der Waals surface area (Å²) in [6.07, 6.45) is 0. The number of phenols is 1. The molecule has 2 N–H and O–H groups in total. The zero-order valence-electron chi connectivity index (χ0n) is 16.9. The molecule has 1 amide bonds. The van der Waals surface area contributed by atoms with Gasteiger partial charge in [0, 0.05) is 12.1 Å². The summed E-state index contributed by atoms with van der Waals surface area (Å²) < 4.78 is 5.15. The molecule has 156 valence electrons. The van der Waals surface area contributed by atoms with Gasteiger partial charge in [0.05, 0.1) is 18.7 Å². The molecule has 3 aromatic rings. The molecule has 31 heavy (non-hydrogen) atoms. The minimum atomic E-state index is -0.789. The highest BCUT2D eigenvalue weighted by atomic mass is 16.5. The summed E-state index contributed by atoms with van der Waals surface area (Å²) in [5.74, 6) is -1.01. The molecule has 1 heterocycles. The molecule has 0 spiro atoms. The fourth-order valence-electron chi connectivity index (χ4n) is 3.73. The number of hydrogen-bond donors (Lipinski definition) is 2. The van der Waals surface area contributed by atoms with Crippen LogP contribution in [0.2, 0.25) is 0 Å². The summed E-state index contributed by atoms with van der Waals surface area (Å²) in [6, 6.07) is 21.4. The Hall–Kier alpha value is -4.06. The Labute approximate surface area is 179 Å². The van der Waals surface area contributed by atoms with Crippen molar-refractivity contribution in [3.8, 4) is 11.5 Å². The Morgan fingerprint density at radius 2 is 1.58 bits per heavy atom. The lowest BCUT2D eigenvalue weighted by molar-refractivity contribution is -0.140. The van der Waals surface area contributed by atoms with E-state index in [1.54, 1.807) is 36.4 Å². The zero-order valence-corrected chi connectivity index (χ0v) is 16.9. The predicted octanol–water partition coefficient (Wildman–Crippen LogP) is 4.02. The fourth-order valence-corrected chi connectivity index (χ4v) is 3.73. The van der Waals surface area contributed by atoms with Crippen molar-refractivity contribution in [3.05, 3.63) is 101 Å². The van der Waals surface area contributed by atoms with E-state index in [0.717, 1.165) is 5.56 Å². The van der Waals surface area contributed by atoms with Gasteiger partial charge in [0.15, 0.2) is 0 Å². The molecule has 1 fully saturated rings. The smallest absolute Gasteiger partial charge is 0.295 e. The second kappa shape index (κ2) is 8.36. The van der Waals surface area contributed by atoms with Crippen molar-refractivity contribution in [2.24, 2.45) is 0 Å². The third kappa shape index (κ3) is 3.88. The number of Topliss-reactive ketones (excluding diaryl/α,β-unsaturated/α-hetero) is 1. The molecule has 1 aliphatic rings. The Morgan fingerprint density at radius 1 is 0.935 bits per heavy atom. The average Bonchev–Trinajstić information content (AvgIpc) is 3.05. The van der Waals surface area contributed by atoms with Gasteiger partial charge in [-0.2, -0.15) is 0 Å². The van der Waals surface area contributed by atoms with Crippen LogP contribution in [0, 0.1) is 0 Å². The number of aliphatic hydroxyl groups is 1. The van der Waals surface area contributed by atoms with Gasteiger partial charge in [0.2, 0.25) is 0 Å². The summed E-state index contributed by atoms with van der Waals surface area (Å²) in [5.41, 5.74) is 1.89. The number of carbonyl (C=O) groups is 2. The summed E-state index contributed by atoms with van der Waals surface area (Å²) in [7, 11) is 1.54. The Bertz CT molecular complexity index is 1130. The number of aliphatic hydroxyl groups excluding tert-OH is 1. The molecule has 0 saturated carbocycles. The lowest BCUT2D eigenvalue weighted by Gasteiger charge is -2.25. The highest BCUT2D eigenvalue weighted by Gasteiger charge is 2.46. The van der Waals surface area contributed by atoms with Crippen LogP contribution >= 0.6 is 0 Å². The number of phenolic OH excluding ortho intramolecular Hbond substituents is 1. The summed E-state index contributed by atoms with van der Waals surface area (Å²) in [4.78, 5) is 27.4. The van der Waals surface area contributed by atoms with E-state index in [2.05, 4.69) is 0 Å². The quantitative estimate of drug-likeness (QED) is 0.373. The monoisotopic (exact) mass is 415 g/mol. The van der Waals surface area contributed by atoms with Crippen LogP contribution in [0.3, 0.4) is 0 Å². The maximum atomic E-state index is 13.0.